The van der Waals surface area contributed by atoms with E-state index in [4.69, 9.17) is 9.47 Å². The second kappa shape index (κ2) is 6.11. The molecule has 3 nitrogen and oxygen atoms in total. The Morgan fingerprint density at radius 2 is 2.13 bits per heavy atom. The second-order valence-electron chi connectivity index (χ2n) is 4.65. The first-order chi connectivity index (χ1) is 7.11. The number of ether oxygens (including phenoxy) is 2. The van der Waals surface area contributed by atoms with Gasteiger partial charge in [0.15, 0.2) is 0 Å². The Morgan fingerprint density at radius 1 is 1.40 bits per heavy atom. The monoisotopic (exact) mass is 214 g/mol. The molecule has 0 bridgehead atoms. The van der Waals surface area contributed by atoms with Crippen molar-refractivity contribution in [1.82, 2.24) is 0 Å². The quantitative estimate of drug-likeness (QED) is 0.674. The van der Waals surface area contributed by atoms with E-state index in [0.717, 1.165) is 19.4 Å². The van der Waals surface area contributed by atoms with E-state index in [0.29, 0.717) is 12.5 Å². The van der Waals surface area contributed by atoms with Crippen molar-refractivity contribution >= 4 is 5.97 Å². The fourth-order valence-electron chi connectivity index (χ4n) is 1.52. The van der Waals surface area contributed by atoms with Crippen molar-refractivity contribution in [2.24, 2.45) is 11.8 Å². The highest BCUT2D eigenvalue weighted by Crippen LogP contribution is 2.15. The van der Waals surface area contributed by atoms with Crippen LogP contribution in [0.1, 0.15) is 40.0 Å². The van der Waals surface area contributed by atoms with Gasteiger partial charge in [0.05, 0.1) is 12.0 Å². The summed E-state index contributed by atoms with van der Waals surface area (Å²) in [6.45, 7) is 7.21. The molecular weight excluding hydrogens is 192 g/mol. The summed E-state index contributed by atoms with van der Waals surface area (Å²) < 4.78 is 10.7. The third-order valence-electron chi connectivity index (χ3n) is 3.06. The van der Waals surface area contributed by atoms with Crippen molar-refractivity contribution < 1.29 is 14.3 Å². The topological polar surface area (TPSA) is 35.5 Å². The minimum Gasteiger partial charge on any atom is -0.463 e. The molecule has 1 rings (SSSR count). The highest BCUT2D eigenvalue weighted by atomic mass is 16.6. The lowest BCUT2D eigenvalue weighted by atomic mass is 9.98. The van der Waals surface area contributed by atoms with Gasteiger partial charge in [-0.15, -0.1) is 0 Å². The maximum Gasteiger partial charge on any atom is 0.308 e. The third-order valence-corrected chi connectivity index (χ3v) is 3.06. The van der Waals surface area contributed by atoms with Gasteiger partial charge >= 0.3 is 5.97 Å². The second-order valence-corrected chi connectivity index (χ2v) is 4.65. The van der Waals surface area contributed by atoms with Crippen molar-refractivity contribution in [2.45, 2.75) is 46.1 Å². The van der Waals surface area contributed by atoms with Crippen molar-refractivity contribution in [3.63, 3.8) is 0 Å². The lowest BCUT2D eigenvalue weighted by Crippen LogP contribution is -2.28. The minimum atomic E-state index is -0.0980. The fourth-order valence-corrected chi connectivity index (χ4v) is 1.52. The number of carbonyl (C=O) groups is 1. The van der Waals surface area contributed by atoms with Gasteiger partial charge in [-0.3, -0.25) is 4.79 Å². The summed E-state index contributed by atoms with van der Waals surface area (Å²) in [5, 5.41) is 0. The van der Waals surface area contributed by atoms with E-state index >= 15 is 0 Å². The predicted octanol–water partition coefficient (Wildman–Crippen LogP) is 2.39. The molecule has 88 valence electrons. The molecule has 1 aliphatic heterocycles. The van der Waals surface area contributed by atoms with E-state index in [-0.39, 0.29) is 18.0 Å². The Balaban J connectivity index is 2.20. The van der Waals surface area contributed by atoms with Crippen LogP contribution in [0.4, 0.5) is 0 Å². The number of hydrogen-bond donors (Lipinski definition) is 0. The summed E-state index contributed by atoms with van der Waals surface area (Å²) in [5.74, 6) is 0.220. The summed E-state index contributed by atoms with van der Waals surface area (Å²) in [6, 6.07) is 0. The zero-order valence-electron chi connectivity index (χ0n) is 9.99. The van der Waals surface area contributed by atoms with Gasteiger partial charge in [-0.05, 0) is 25.2 Å². The van der Waals surface area contributed by atoms with Gasteiger partial charge in [-0.2, -0.15) is 0 Å². The first-order valence-electron chi connectivity index (χ1n) is 5.89. The van der Waals surface area contributed by atoms with Gasteiger partial charge in [0.25, 0.3) is 0 Å². The SMILES string of the molecule is CC(C)C(C)C(=O)OCC1CCCCO1. The van der Waals surface area contributed by atoms with Crippen LogP contribution in [0, 0.1) is 11.8 Å². The zero-order valence-corrected chi connectivity index (χ0v) is 9.99. The first kappa shape index (κ1) is 12.5. The number of carbonyl (C=O) groups excluding carboxylic acids is 1. The molecule has 0 aromatic rings. The van der Waals surface area contributed by atoms with Crippen LogP contribution < -0.4 is 0 Å². The molecule has 1 aliphatic rings. The third kappa shape index (κ3) is 4.20. The Bertz CT molecular complexity index is 195. The van der Waals surface area contributed by atoms with Crippen LogP contribution in [0.25, 0.3) is 0 Å². The van der Waals surface area contributed by atoms with Crippen LogP contribution in [0.15, 0.2) is 0 Å². The molecule has 0 radical (unpaired) electrons. The first-order valence-corrected chi connectivity index (χ1v) is 5.89. The number of hydrogen-bond acceptors (Lipinski definition) is 3. The average Bonchev–Trinajstić information content (AvgIpc) is 2.26. The normalized spacial score (nSPS) is 23.9. The van der Waals surface area contributed by atoms with Gasteiger partial charge in [0.2, 0.25) is 0 Å². The highest BCUT2D eigenvalue weighted by molar-refractivity contribution is 5.72. The van der Waals surface area contributed by atoms with E-state index < -0.39 is 0 Å². The van der Waals surface area contributed by atoms with E-state index in [1.165, 1.54) is 6.42 Å². The van der Waals surface area contributed by atoms with Crippen molar-refractivity contribution in [3.05, 3.63) is 0 Å². The van der Waals surface area contributed by atoms with Crippen LogP contribution in [-0.4, -0.2) is 25.3 Å². The molecule has 0 aromatic heterocycles. The molecule has 2 unspecified atom stereocenters. The van der Waals surface area contributed by atoms with Gasteiger partial charge in [-0.25, -0.2) is 0 Å². The average molecular weight is 214 g/mol. The summed E-state index contributed by atoms with van der Waals surface area (Å²) >= 11 is 0. The molecular formula is C12H22O3. The molecule has 0 spiro atoms. The Kier molecular flexibility index (Phi) is 5.09. The molecule has 0 N–H and O–H groups in total. The van der Waals surface area contributed by atoms with Crippen molar-refractivity contribution in [1.29, 1.82) is 0 Å². The lowest BCUT2D eigenvalue weighted by molar-refractivity contribution is -0.154. The maximum atomic E-state index is 11.5. The molecule has 1 fully saturated rings. The molecule has 0 aliphatic carbocycles. The van der Waals surface area contributed by atoms with Crippen LogP contribution in [0.3, 0.4) is 0 Å². The smallest absolute Gasteiger partial charge is 0.308 e. The van der Waals surface area contributed by atoms with Gasteiger partial charge in [0.1, 0.15) is 6.61 Å². The van der Waals surface area contributed by atoms with Crippen molar-refractivity contribution in [2.75, 3.05) is 13.2 Å². The summed E-state index contributed by atoms with van der Waals surface area (Å²) in [6.07, 6.45) is 3.46. The highest BCUT2D eigenvalue weighted by Gasteiger charge is 2.21. The number of rotatable bonds is 4. The molecule has 0 aromatic carbocycles. The molecule has 0 amide bonds. The van der Waals surface area contributed by atoms with Crippen LogP contribution in [0.2, 0.25) is 0 Å². The Morgan fingerprint density at radius 3 is 2.67 bits per heavy atom. The van der Waals surface area contributed by atoms with Crippen molar-refractivity contribution in [3.8, 4) is 0 Å². The van der Waals surface area contributed by atoms with E-state index in [9.17, 15) is 4.79 Å². The lowest BCUT2D eigenvalue weighted by Gasteiger charge is -2.23. The summed E-state index contributed by atoms with van der Waals surface area (Å²) in [4.78, 5) is 11.5. The fraction of sp³-hybridized carbons (Fsp3) is 0.917. The Labute approximate surface area is 92.1 Å². The van der Waals surface area contributed by atoms with Gasteiger partial charge in [-0.1, -0.05) is 20.8 Å². The van der Waals surface area contributed by atoms with E-state index in [1.807, 2.05) is 20.8 Å². The zero-order chi connectivity index (χ0) is 11.3. The van der Waals surface area contributed by atoms with Crippen LogP contribution in [-0.2, 0) is 14.3 Å². The molecule has 1 saturated heterocycles. The Hall–Kier alpha value is -0.570. The van der Waals surface area contributed by atoms with E-state index in [2.05, 4.69) is 0 Å². The molecule has 1 heterocycles. The van der Waals surface area contributed by atoms with Crippen LogP contribution in [0.5, 0.6) is 0 Å². The summed E-state index contributed by atoms with van der Waals surface area (Å²) in [5.41, 5.74) is 0. The maximum absolute atomic E-state index is 11.5. The largest absolute Gasteiger partial charge is 0.463 e. The predicted molar refractivity (Wildman–Crippen MR) is 58.6 cm³/mol. The molecule has 0 saturated carbocycles. The molecule has 2 atom stereocenters. The van der Waals surface area contributed by atoms with E-state index in [1.54, 1.807) is 0 Å². The molecule has 3 heteroatoms. The number of esters is 1. The summed E-state index contributed by atoms with van der Waals surface area (Å²) in [7, 11) is 0. The van der Waals surface area contributed by atoms with Crippen LogP contribution >= 0.6 is 0 Å². The molecule has 15 heavy (non-hydrogen) atoms. The van der Waals surface area contributed by atoms with Gasteiger partial charge in [0, 0.05) is 6.61 Å². The minimum absolute atomic E-state index is 0.0198. The standard InChI is InChI=1S/C12H22O3/c1-9(2)10(3)12(13)15-8-11-6-4-5-7-14-11/h9-11H,4-8H2,1-3H3. The van der Waals surface area contributed by atoms with Gasteiger partial charge < -0.3 is 9.47 Å².